The molecule has 0 amide bonds. The second kappa shape index (κ2) is 8.28. The molecule has 2 unspecified atom stereocenters. The van der Waals surface area contributed by atoms with E-state index in [9.17, 15) is 0 Å². The topological polar surface area (TPSA) is 41.3 Å². The van der Waals surface area contributed by atoms with E-state index in [-0.39, 0.29) is 0 Å². The summed E-state index contributed by atoms with van der Waals surface area (Å²) in [6.07, 6.45) is 7.96. The number of piperidine rings is 1. The largest absolute Gasteiger partial charge is 0.397 e. The van der Waals surface area contributed by atoms with Gasteiger partial charge >= 0.3 is 0 Å². The standard InChI is InChI=1S/C18H31N3/c1-15-9-8-10-16(2)21(15)14-7-3-6-13-20-18-12-5-4-11-17(18)19/h4-5,11-12,15-16,20H,3,6-10,13-14,19H2,1-2H3. The fraction of sp³-hybridized carbons (Fsp3) is 0.667. The Morgan fingerprint density at radius 1 is 1.10 bits per heavy atom. The zero-order valence-corrected chi connectivity index (χ0v) is 13.6. The van der Waals surface area contributed by atoms with Crippen LogP contribution in [0.3, 0.4) is 0 Å². The first-order valence-electron chi connectivity index (χ1n) is 8.52. The lowest BCUT2D eigenvalue weighted by molar-refractivity contribution is 0.101. The molecule has 21 heavy (non-hydrogen) atoms. The van der Waals surface area contributed by atoms with Crippen molar-refractivity contribution in [2.45, 2.75) is 64.5 Å². The lowest BCUT2D eigenvalue weighted by atomic mass is 9.97. The van der Waals surface area contributed by atoms with Crippen molar-refractivity contribution in [3.63, 3.8) is 0 Å². The highest BCUT2D eigenvalue weighted by Crippen LogP contribution is 2.23. The summed E-state index contributed by atoms with van der Waals surface area (Å²) in [5.41, 5.74) is 7.83. The number of nitrogens with one attached hydrogen (secondary N) is 1. The molecule has 1 saturated heterocycles. The maximum absolute atomic E-state index is 5.92. The molecule has 0 spiro atoms. The molecule has 1 aliphatic rings. The minimum atomic E-state index is 0.774. The van der Waals surface area contributed by atoms with Crippen LogP contribution in [0.2, 0.25) is 0 Å². The fourth-order valence-corrected chi connectivity index (χ4v) is 3.39. The Kier molecular flexibility index (Phi) is 6.37. The number of likely N-dealkylation sites (tertiary alicyclic amines) is 1. The van der Waals surface area contributed by atoms with Crippen LogP contribution in [0, 0.1) is 0 Å². The van der Waals surface area contributed by atoms with Crippen LogP contribution in [0.15, 0.2) is 24.3 Å². The minimum absolute atomic E-state index is 0.774. The van der Waals surface area contributed by atoms with Crippen molar-refractivity contribution < 1.29 is 0 Å². The number of benzene rings is 1. The summed E-state index contributed by atoms with van der Waals surface area (Å²) in [7, 11) is 0. The number of hydrogen-bond acceptors (Lipinski definition) is 3. The average Bonchev–Trinajstić information content (AvgIpc) is 2.47. The quantitative estimate of drug-likeness (QED) is 0.586. The number of nitrogens with two attached hydrogens (primary N) is 1. The average molecular weight is 289 g/mol. The summed E-state index contributed by atoms with van der Waals surface area (Å²) in [6.45, 7) is 7.04. The van der Waals surface area contributed by atoms with Crippen LogP contribution in [0.4, 0.5) is 11.4 Å². The zero-order valence-electron chi connectivity index (χ0n) is 13.6. The first kappa shape index (κ1) is 16.2. The molecule has 3 heteroatoms. The van der Waals surface area contributed by atoms with Crippen LogP contribution in [0.5, 0.6) is 0 Å². The molecule has 1 aliphatic heterocycles. The van der Waals surface area contributed by atoms with Gasteiger partial charge in [-0.15, -0.1) is 0 Å². The third kappa shape index (κ3) is 4.92. The molecule has 0 saturated carbocycles. The molecular formula is C18H31N3. The van der Waals surface area contributed by atoms with Gasteiger partial charge in [0.05, 0.1) is 11.4 Å². The predicted molar refractivity (Wildman–Crippen MR) is 92.7 cm³/mol. The molecule has 0 radical (unpaired) electrons. The highest BCUT2D eigenvalue weighted by Gasteiger charge is 2.23. The van der Waals surface area contributed by atoms with E-state index in [1.54, 1.807) is 0 Å². The molecule has 1 heterocycles. The lowest BCUT2D eigenvalue weighted by Gasteiger charge is -2.39. The summed E-state index contributed by atoms with van der Waals surface area (Å²) < 4.78 is 0. The van der Waals surface area contributed by atoms with Crippen molar-refractivity contribution in [3.8, 4) is 0 Å². The van der Waals surface area contributed by atoms with Crippen LogP contribution in [-0.4, -0.2) is 30.1 Å². The van der Waals surface area contributed by atoms with Crippen LogP contribution in [0.1, 0.15) is 52.4 Å². The molecule has 2 atom stereocenters. The number of nitrogens with zero attached hydrogens (tertiary/aromatic N) is 1. The van der Waals surface area contributed by atoms with Gasteiger partial charge in [0.2, 0.25) is 0 Å². The lowest BCUT2D eigenvalue weighted by Crippen LogP contribution is -2.44. The van der Waals surface area contributed by atoms with Gasteiger partial charge in [0.15, 0.2) is 0 Å². The Morgan fingerprint density at radius 3 is 2.52 bits per heavy atom. The van der Waals surface area contributed by atoms with E-state index in [1.807, 2.05) is 24.3 Å². The number of rotatable bonds is 7. The molecule has 3 nitrogen and oxygen atoms in total. The molecular weight excluding hydrogens is 258 g/mol. The minimum Gasteiger partial charge on any atom is -0.397 e. The van der Waals surface area contributed by atoms with Crippen LogP contribution in [-0.2, 0) is 0 Å². The van der Waals surface area contributed by atoms with Crippen molar-refractivity contribution in [3.05, 3.63) is 24.3 Å². The number of nitrogen functional groups attached to an aromatic ring is 1. The van der Waals surface area contributed by atoms with Gasteiger partial charge in [0.1, 0.15) is 0 Å². The molecule has 3 N–H and O–H groups in total. The molecule has 2 rings (SSSR count). The molecule has 0 bridgehead atoms. The maximum atomic E-state index is 5.92. The smallest absolute Gasteiger partial charge is 0.0573 e. The molecule has 1 fully saturated rings. The van der Waals surface area contributed by atoms with Crippen LogP contribution in [0.25, 0.3) is 0 Å². The second-order valence-corrected chi connectivity index (χ2v) is 6.44. The van der Waals surface area contributed by atoms with E-state index in [2.05, 4.69) is 24.1 Å². The van der Waals surface area contributed by atoms with E-state index in [0.29, 0.717) is 0 Å². The SMILES string of the molecule is CC1CCCC(C)N1CCCCCNc1ccccc1N. The Labute approximate surface area is 129 Å². The highest BCUT2D eigenvalue weighted by atomic mass is 15.2. The first-order valence-corrected chi connectivity index (χ1v) is 8.52. The highest BCUT2D eigenvalue weighted by molar-refractivity contribution is 5.65. The summed E-state index contributed by atoms with van der Waals surface area (Å²) in [6, 6.07) is 9.54. The van der Waals surface area contributed by atoms with Crippen LogP contribution >= 0.6 is 0 Å². The van der Waals surface area contributed by atoms with Crippen molar-refractivity contribution in [2.24, 2.45) is 0 Å². The molecule has 1 aromatic rings. The number of para-hydroxylation sites is 2. The molecule has 0 aromatic heterocycles. The van der Waals surface area contributed by atoms with E-state index >= 15 is 0 Å². The Bertz CT molecular complexity index is 409. The van der Waals surface area contributed by atoms with Gasteiger partial charge in [0.25, 0.3) is 0 Å². The fourth-order valence-electron chi connectivity index (χ4n) is 3.39. The zero-order chi connectivity index (χ0) is 15.1. The summed E-state index contributed by atoms with van der Waals surface area (Å²) >= 11 is 0. The number of unbranched alkanes of at least 4 members (excludes halogenated alkanes) is 2. The van der Waals surface area contributed by atoms with Gasteiger partial charge in [-0.25, -0.2) is 0 Å². The van der Waals surface area contributed by atoms with Gasteiger partial charge in [-0.1, -0.05) is 25.0 Å². The Morgan fingerprint density at radius 2 is 1.81 bits per heavy atom. The van der Waals surface area contributed by atoms with E-state index < -0.39 is 0 Å². The number of hydrogen-bond donors (Lipinski definition) is 2. The van der Waals surface area contributed by atoms with Crippen molar-refractivity contribution in [1.82, 2.24) is 4.90 Å². The van der Waals surface area contributed by atoms with Crippen molar-refractivity contribution >= 4 is 11.4 Å². The Balaban J connectivity index is 1.59. The van der Waals surface area contributed by atoms with Gasteiger partial charge < -0.3 is 11.1 Å². The van der Waals surface area contributed by atoms with E-state index in [0.717, 1.165) is 30.0 Å². The van der Waals surface area contributed by atoms with E-state index in [1.165, 1.54) is 45.1 Å². The molecule has 0 aliphatic carbocycles. The Hall–Kier alpha value is -1.22. The number of anilines is 2. The maximum Gasteiger partial charge on any atom is 0.0573 e. The van der Waals surface area contributed by atoms with Gasteiger partial charge in [-0.2, -0.15) is 0 Å². The monoisotopic (exact) mass is 289 g/mol. The first-order chi connectivity index (χ1) is 10.2. The third-order valence-corrected chi connectivity index (χ3v) is 4.75. The van der Waals surface area contributed by atoms with Gasteiger partial charge in [0, 0.05) is 18.6 Å². The summed E-state index contributed by atoms with van der Waals surface area (Å²) in [5, 5.41) is 3.43. The summed E-state index contributed by atoms with van der Waals surface area (Å²) in [5.74, 6) is 0. The van der Waals surface area contributed by atoms with Crippen molar-refractivity contribution in [1.29, 1.82) is 0 Å². The van der Waals surface area contributed by atoms with Crippen LogP contribution < -0.4 is 11.1 Å². The van der Waals surface area contributed by atoms with Crippen molar-refractivity contribution in [2.75, 3.05) is 24.1 Å². The predicted octanol–water partition coefficient (Wildman–Crippen LogP) is 4.11. The normalized spacial score (nSPS) is 23.1. The molecule has 1 aromatic carbocycles. The summed E-state index contributed by atoms with van der Waals surface area (Å²) in [4.78, 5) is 2.70. The molecule has 118 valence electrons. The third-order valence-electron chi connectivity index (χ3n) is 4.75. The van der Waals surface area contributed by atoms with Gasteiger partial charge in [-0.05, 0) is 58.2 Å². The van der Waals surface area contributed by atoms with E-state index in [4.69, 9.17) is 5.73 Å². The van der Waals surface area contributed by atoms with Gasteiger partial charge in [-0.3, -0.25) is 4.90 Å². The second-order valence-electron chi connectivity index (χ2n) is 6.44.